The zero-order chi connectivity index (χ0) is 8.43. The lowest BCUT2D eigenvalue weighted by atomic mass is 10.2. The molecule has 4 nitrogen and oxygen atoms in total. The van der Waals surface area contributed by atoms with E-state index in [1.807, 2.05) is 0 Å². The third-order valence-electron chi connectivity index (χ3n) is 1.42. The van der Waals surface area contributed by atoms with Crippen molar-refractivity contribution < 1.29 is 0 Å². The lowest BCUT2D eigenvalue weighted by Gasteiger charge is -2.01. The third-order valence-corrected chi connectivity index (χ3v) is 1.42. The SMILES string of the molecule is CC(C)Cn1ncn(C)c1=O. The number of aryl methyl sites for hydroxylation is 1. The number of aromatic nitrogens is 3. The Labute approximate surface area is 65.5 Å². The number of hydrogen-bond acceptors (Lipinski definition) is 2. The fraction of sp³-hybridized carbons (Fsp3) is 0.714. The number of nitrogens with zero attached hydrogens (tertiary/aromatic N) is 3. The van der Waals surface area contributed by atoms with Crippen LogP contribution >= 0.6 is 0 Å². The molecule has 0 amide bonds. The quantitative estimate of drug-likeness (QED) is 0.613. The van der Waals surface area contributed by atoms with Gasteiger partial charge in [0.1, 0.15) is 6.33 Å². The molecular weight excluding hydrogens is 142 g/mol. The molecule has 0 saturated heterocycles. The molecule has 0 bridgehead atoms. The Kier molecular flexibility index (Phi) is 2.12. The van der Waals surface area contributed by atoms with Gasteiger partial charge in [-0.3, -0.25) is 4.57 Å². The standard InChI is InChI=1S/C7H13N3O/c1-6(2)4-10-7(11)9(3)5-8-10/h5-6H,4H2,1-3H3. The van der Waals surface area contributed by atoms with Gasteiger partial charge in [-0.2, -0.15) is 5.10 Å². The molecule has 0 spiro atoms. The van der Waals surface area contributed by atoms with Crippen molar-refractivity contribution in [1.29, 1.82) is 0 Å². The zero-order valence-electron chi connectivity index (χ0n) is 7.11. The van der Waals surface area contributed by atoms with Crippen molar-refractivity contribution in [3.8, 4) is 0 Å². The van der Waals surface area contributed by atoms with Crippen molar-refractivity contribution in [2.45, 2.75) is 20.4 Å². The van der Waals surface area contributed by atoms with Crippen molar-refractivity contribution >= 4 is 0 Å². The third kappa shape index (κ3) is 1.69. The van der Waals surface area contributed by atoms with E-state index in [4.69, 9.17) is 0 Å². The van der Waals surface area contributed by atoms with Gasteiger partial charge in [0.15, 0.2) is 0 Å². The van der Waals surface area contributed by atoms with Crippen molar-refractivity contribution in [2.24, 2.45) is 13.0 Å². The van der Waals surface area contributed by atoms with Crippen LogP contribution in [0.25, 0.3) is 0 Å². The fourth-order valence-corrected chi connectivity index (χ4v) is 0.892. The van der Waals surface area contributed by atoms with Gasteiger partial charge in [-0.05, 0) is 5.92 Å². The summed E-state index contributed by atoms with van der Waals surface area (Å²) in [5.74, 6) is 0.461. The highest BCUT2D eigenvalue weighted by Crippen LogP contribution is 1.92. The van der Waals surface area contributed by atoms with Crippen LogP contribution in [0.1, 0.15) is 13.8 Å². The molecule has 11 heavy (non-hydrogen) atoms. The van der Waals surface area contributed by atoms with Crippen LogP contribution in [0.15, 0.2) is 11.1 Å². The van der Waals surface area contributed by atoms with Crippen LogP contribution in [0.5, 0.6) is 0 Å². The average Bonchev–Trinajstić information content (AvgIpc) is 2.18. The molecule has 62 valence electrons. The Morgan fingerprint density at radius 2 is 2.27 bits per heavy atom. The van der Waals surface area contributed by atoms with E-state index in [1.54, 1.807) is 7.05 Å². The minimum Gasteiger partial charge on any atom is -0.285 e. The molecule has 0 fully saturated rings. The van der Waals surface area contributed by atoms with Crippen molar-refractivity contribution in [3.05, 3.63) is 16.8 Å². The van der Waals surface area contributed by atoms with E-state index in [0.29, 0.717) is 12.5 Å². The normalized spacial score (nSPS) is 10.9. The smallest absolute Gasteiger partial charge is 0.285 e. The summed E-state index contributed by atoms with van der Waals surface area (Å²) in [5.41, 5.74) is -0.0429. The van der Waals surface area contributed by atoms with Gasteiger partial charge >= 0.3 is 5.69 Å². The van der Waals surface area contributed by atoms with Crippen molar-refractivity contribution in [3.63, 3.8) is 0 Å². The van der Waals surface area contributed by atoms with Crippen LogP contribution in [-0.4, -0.2) is 14.3 Å². The monoisotopic (exact) mass is 155 g/mol. The maximum Gasteiger partial charge on any atom is 0.345 e. The van der Waals surface area contributed by atoms with Gasteiger partial charge in [-0.15, -0.1) is 0 Å². The molecule has 0 radical (unpaired) electrons. The Morgan fingerprint density at radius 3 is 2.64 bits per heavy atom. The minimum absolute atomic E-state index is 0.0429. The highest BCUT2D eigenvalue weighted by molar-refractivity contribution is 4.65. The van der Waals surface area contributed by atoms with E-state index < -0.39 is 0 Å². The Morgan fingerprint density at radius 1 is 1.64 bits per heavy atom. The summed E-state index contributed by atoms with van der Waals surface area (Å²) < 4.78 is 2.95. The number of rotatable bonds is 2. The van der Waals surface area contributed by atoms with Crippen LogP contribution in [0.3, 0.4) is 0 Å². The van der Waals surface area contributed by atoms with Crippen LogP contribution < -0.4 is 5.69 Å². The molecule has 0 aliphatic carbocycles. The largest absolute Gasteiger partial charge is 0.345 e. The maximum atomic E-state index is 11.2. The first-order chi connectivity index (χ1) is 5.11. The first-order valence-electron chi connectivity index (χ1n) is 3.69. The van der Waals surface area contributed by atoms with Crippen LogP contribution in [0.2, 0.25) is 0 Å². The van der Waals surface area contributed by atoms with Gasteiger partial charge in [0.25, 0.3) is 0 Å². The van der Waals surface area contributed by atoms with Gasteiger partial charge in [0.2, 0.25) is 0 Å². The maximum absolute atomic E-state index is 11.2. The summed E-state index contributed by atoms with van der Waals surface area (Å²) in [7, 11) is 1.70. The zero-order valence-corrected chi connectivity index (χ0v) is 7.11. The molecule has 0 aliphatic rings. The predicted octanol–water partition coefficient (Wildman–Crippen LogP) is 0.238. The lowest BCUT2D eigenvalue weighted by Crippen LogP contribution is -2.24. The summed E-state index contributed by atoms with van der Waals surface area (Å²) in [6.45, 7) is 4.81. The van der Waals surface area contributed by atoms with Crippen molar-refractivity contribution in [2.75, 3.05) is 0 Å². The fourth-order valence-electron chi connectivity index (χ4n) is 0.892. The molecule has 0 aliphatic heterocycles. The highest BCUT2D eigenvalue weighted by atomic mass is 16.2. The summed E-state index contributed by atoms with van der Waals surface area (Å²) in [6.07, 6.45) is 1.53. The Bertz CT molecular complexity index is 284. The topological polar surface area (TPSA) is 39.8 Å². The highest BCUT2D eigenvalue weighted by Gasteiger charge is 2.02. The molecule has 4 heteroatoms. The van der Waals surface area contributed by atoms with Gasteiger partial charge < -0.3 is 0 Å². The average molecular weight is 155 g/mol. The molecule has 0 atom stereocenters. The van der Waals surface area contributed by atoms with E-state index in [1.165, 1.54) is 15.6 Å². The molecular formula is C7H13N3O. The molecule has 1 rings (SSSR count). The predicted molar refractivity (Wildman–Crippen MR) is 42.3 cm³/mol. The van der Waals surface area contributed by atoms with Gasteiger partial charge in [-0.25, -0.2) is 9.48 Å². The van der Waals surface area contributed by atoms with E-state index >= 15 is 0 Å². The first kappa shape index (κ1) is 8.04. The van der Waals surface area contributed by atoms with E-state index in [0.717, 1.165) is 0 Å². The lowest BCUT2D eigenvalue weighted by molar-refractivity contribution is 0.467. The molecule has 0 N–H and O–H groups in total. The van der Waals surface area contributed by atoms with Gasteiger partial charge in [-0.1, -0.05) is 13.8 Å². The summed E-state index contributed by atoms with van der Waals surface area (Å²) in [4.78, 5) is 11.2. The Hall–Kier alpha value is -1.06. The second kappa shape index (κ2) is 2.90. The molecule has 0 unspecified atom stereocenters. The molecule has 1 aromatic heterocycles. The van der Waals surface area contributed by atoms with E-state index in [2.05, 4.69) is 18.9 Å². The molecule has 1 heterocycles. The summed E-state index contributed by atoms with van der Waals surface area (Å²) in [5, 5.41) is 3.92. The second-order valence-electron chi connectivity index (χ2n) is 3.10. The van der Waals surface area contributed by atoms with Crippen LogP contribution in [0, 0.1) is 5.92 Å². The van der Waals surface area contributed by atoms with Crippen LogP contribution in [0.4, 0.5) is 0 Å². The van der Waals surface area contributed by atoms with E-state index in [-0.39, 0.29) is 5.69 Å². The van der Waals surface area contributed by atoms with Gasteiger partial charge in [0, 0.05) is 13.6 Å². The van der Waals surface area contributed by atoms with Crippen LogP contribution in [-0.2, 0) is 13.6 Å². The number of hydrogen-bond donors (Lipinski definition) is 0. The molecule has 0 aromatic carbocycles. The Balaban J connectivity index is 2.88. The second-order valence-corrected chi connectivity index (χ2v) is 3.10. The van der Waals surface area contributed by atoms with E-state index in [9.17, 15) is 4.79 Å². The minimum atomic E-state index is -0.0429. The molecule has 0 saturated carbocycles. The summed E-state index contributed by atoms with van der Waals surface area (Å²) in [6, 6.07) is 0. The molecule has 1 aromatic rings. The first-order valence-corrected chi connectivity index (χ1v) is 3.69. The summed E-state index contributed by atoms with van der Waals surface area (Å²) >= 11 is 0. The van der Waals surface area contributed by atoms with Crippen molar-refractivity contribution in [1.82, 2.24) is 14.3 Å². The van der Waals surface area contributed by atoms with Gasteiger partial charge in [0.05, 0.1) is 0 Å².